The maximum Gasteiger partial charge on any atom is 0.338 e. The molecule has 1 atom stereocenters. The molecule has 4 fully saturated rings. The second kappa shape index (κ2) is 7.01. The molecule has 4 aliphatic carbocycles. The summed E-state index contributed by atoms with van der Waals surface area (Å²) in [6.07, 6.45) is 7.81. The summed E-state index contributed by atoms with van der Waals surface area (Å²) in [6, 6.07) is 4.66. The molecule has 146 valence electrons. The first-order chi connectivity index (χ1) is 12.8. The van der Waals surface area contributed by atoms with E-state index in [4.69, 9.17) is 22.1 Å². The molecule has 4 aliphatic rings. The lowest BCUT2D eigenvalue weighted by Crippen LogP contribution is -2.56. The molecule has 5 rings (SSSR count). The Morgan fingerprint density at radius 2 is 1.81 bits per heavy atom. The Morgan fingerprint density at radius 1 is 1.22 bits per heavy atom. The minimum absolute atomic E-state index is 0.114. The maximum atomic E-state index is 12.4. The van der Waals surface area contributed by atoms with Crippen LogP contribution in [0.25, 0.3) is 0 Å². The van der Waals surface area contributed by atoms with E-state index < -0.39 is 5.97 Å². The third-order valence-corrected chi connectivity index (χ3v) is 7.29. The monoisotopic (exact) mass is 390 g/mol. The largest absolute Gasteiger partial charge is 0.452 e. The number of amides is 1. The van der Waals surface area contributed by atoms with E-state index in [2.05, 4.69) is 12.2 Å². The summed E-state index contributed by atoms with van der Waals surface area (Å²) >= 11 is 5.86. The fraction of sp³-hybridized carbons (Fsp3) is 0.619. The van der Waals surface area contributed by atoms with Crippen molar-refractivity contribution in [3.05, 3.63) is 28.8 Å². The van der Waals surface area contributed by atoms with Crippen molar-refractivity contribution in [2.75, 3.05) is 12.3 Å². The summed E-state index contributed by atoms with van der Waals surface area (Å²) < 4.78 is 5.15. The van der Waals surface area contributed by atoms with E-state index in [9.17, 15) is 9.59 Å². The van der Waals surface area contributed by atoms with Gasteiger partial charge in [0.1, 0.15) is 0 Å². The maximum absolute atomic E-state index is 12.4. The zero-order valence-electron chi connectivity index (χ0n) is 15.7. The van der Waals surface area contributed by atoms with Crippen molar-refractivity contribution >= 4 is 29.2 Å². The number of nitrogens with two attached hydrogens (primary N) is 1. The first-order valence-electron chi connectivity index (χ1n) is 9.86. The van der Waals surface area contributed by atoms with E-state index in [1.165, 1.54) is 50.7 Å². The molecule has 0 aliphatic heterocycles. The van der Waals surface area contributed by atoms with Gasteiger partial charge in [0.05, 0.1) is 16.3 Å². The van der Waals surface area contributed by atoms with Crippen LogP contribution in [0.3, 0.4) is 0 Å². The average molecular weight is 391 g/mol. The highest BCUT2D eigenvalue weighted by Gasteiger charge is 2.53. The summed E-state index contributed by atoms with van der Waals surface area (Å²) in [4.78, 5) is 24.5. The Balaban J connectivity index is 1.31. The molecule has 1 aromatic rings. The number of rotatable bonds is 5. The number of carbonyl (C=O) groups is 2. The van der Waals surface area contributed by atoms with Crippen LogP contribution in [-0.2, 0) is 9.53 Å². The van der Waals surface area contributed by atoms with Gasteiger partial charge in [0.15, 0.2) is 6.61 Å². The lowest BCUT2D eigenvalue weighted by atomic mass is 9.48. The molecular weight excluding hydrogens is 364 g/mol. The lowest BCUT2D eigenvalue weighted by Gasteiger charge is -2.59. The Bertz CT molecular complexity index is 729. The van der Waals surface area contributed by atoms with E-state index in [0.29, 0.717) is 16.3 Å². The van der Waals surface area contributed by atoms with Crippen LogP contribution in [-0.4, -0.2) is 24.5 Å². The summed E-state index contributed by atoms with van der Waals surface area (Å²) in [5.41, 5.74) is 6.54. The summed E-state index contributed by atoms with van der Waals surface area (Å²) in [5, 5.41) is 3.49. The quantitative estimate of drug-likeness (QED) is 0.591. The highest BCUT2D eigenvalue weighted by atomic mass is 35.5. The van der Waals surface area contributed by atoms with Crippen molar-refractivity contribution < 1.29 is 14.3 Å². The van der Waals surface area contributed by atoms with E-state index in [1.54, 1.807) is 6.07 Å². The number of nitrogens with one attached hydrogen (secondary N) is 1. The fourth-order valence-corrected chi connectivity index (χ4v) is 6.15. The van der Waals surface area contributed by atoms with Crippen LogP contribution in [0.15, 0.2) is 18.2 Å². The highest BCUT2D eigenvalue weighted by Crippen LogP contribution is 2.61. The van der Waals surface area contributed by atoms with Crippen molar-refractivity contribution in [3.8, 4) is 0 Å². The zero-order chi connectivity index (χ0) is 19.2. The van der Waals surface area contributed by atoms with Gasteiger partial charge in [0, 0.05) is 6.04 Å². The third kappa shape index (κ3) is 3.66. The lowest BCUT2D eigenvalue weighted by molar-refractivity contribution is -0.128. The first kappa shape index (κ1) is 18.6. The van der Waals surface area contributed by atoms with Gasteiger partial charge >= 0.3 is 5.97 Å². The van der Waals surface area contributed by atoms with Gasteiger partial charge in [-0.25, -0.2) is 4.79 Å². The SMILES string of the molecule is C[C@H](NC(=O)COC(=O)c1ccc(Cl)c(N)c1)C12CC3CC(CC(C3)C1)C2. The molecule has 3 N–H and O–H groups in total. The number of carbonyl (C=O) groups excluding carboxylic acids is 2. The molecule has 0 aromatic heterocycles. The van der Waals surface area contributed by atoms with Crippen LogP contribution in [0, 0.1) is 23.2 Å². The number of halogens is 1. The number of anilines is 1. The molecule has 0 heterocycles. The first-order valence-corrected chi connectivity index (χ1v) is 10.2. The molecule has 1 aromatic carbocycles. The van der Waals surface area contributed by atoms with Gasteiger partial charge in [-0.05, 0) is 86.8 Å². The highest BCUT2D eigenvalue weighted by molar-refractivity contribution is 6.33. The Labute approximate surface area is 165 Å². The molecule has 27 heavy (non-hydrogen) atoms. The van der Waals surface area contributed by atoms with Gasteiger partial charge in [0.2, 0.25) is 0 Å². The van der Waals surface area contributed by atoms with Crippen molar-refractivity contribution in [2.24, 2.45) is 23.2 Å². The van der Waals surface area contributed by atoms with Crippen molar-refractivity contribution in [3.63, 3.8) is 0 Å². The van der Waals surface area contributed by atoms with E-state index >= 15 is 0 Å². The number of hydrogen-bond acceptors (Lipinski definition) is 4. The molecule has 1 amide bonds. The van der Waals surface area contributed by atoms with E-state index in [1.807, 2.05) is 0 Å². The standard InChI is InChI=1S/C21H27ClN2O3/c1-12(21-8-13-4-14(9-21)6-15(5-13)10-21)24-19(25)11-27-20(26)16-2-3-17(22)18(23)7-16/h2-3,7,12-15H,4-6,8-11,23H2,1H3,(H,24,25)/t12-,13?,14?,15?,21?/m0/s1. The second-order valence-corrected chi connectivity index (χ2v) is 9.29. The van der Waals surface area contributed by atoms with Gasteiger partial charge in [-0.2, -0.15) is 0 Å². The van der Waals surface area contributed by atoms with Gasteiger partial charge in [0.25, 0.3) is 5.91 Å². The van der Waals surface area contributed by atoms with Crippen molar-refractivity contribution in [1.82, 2.24) is 5.32 Å². The normalized spacial score (nSPS) is 32.1. The van der Waals surface area contributed by atoms with Crippen molar-refractivity contribution in [2.45, 2.75) is 51.5 Å². The molecule has 4 saturated carbocycles. The topological polar surface area (TPSA) is 81.4 Å². The van der Waals surface area contributed by atoms with Crippen LogP contribution >= 0.6 is 11.6 Å². The molecule has 4 bridgehead atoms. The predicted octanol–water partition coefficient (Wildman–Crippen LogP) is 3.80. The smallest absolute Gasteiger partial charge is 0.338 e. The molecule has 0 unspecified atom stereocenters. The minimum Gasteiger partial charge on any atom is -0.452 e. The second-order valence-electron chi connectivity index (χ2n) is 8.88. The Kier molecular flexibility index (Phi) is 4.83. The average Bonchev–Trinajstić information content (AvgIpc) is 2.61. The molecular formula is C21H27ClN2O3. The number of ether oxygens (including phenoxy) is 1. The van der Waals surface area contributed by atoms with E-state index in [-0.39, 0.29) is 24.0 Å². The van der Waals surface area contributed by atoms with Gasteiger partial charge in [-0.3, -0.25) is 4.79 Å². The third-order valence-electron chi connectivity index (χ3n) is 6.95. The number of nitrogen functional groups attached to an aromatic ring is 1. The number of hydrogen-bond donors (Lipinski definition) is 2. The van der Waals surface area contributed by atoms with Crippen molar-refractivity contribution in [1.29, 1.82) is 0 Å². The van der Waals surface area contributed by atoms with Gasteiger partial charge < -0.3 is 15.8 Å². The Hall–Kier alpha value is -1.75. The molecule has 5 nitrogen and oxygen atoms in total. The minimum atomic E-state index is -0.573. The number of esters is 1. The zero-order valence-corrected chi connectivity index (χ0v) is 16.4. The van der Waals surface area contributed by atoms with E-state index in [0.717, 1.165) is 17.8 Å². The summed E-state index contributed by atoms with van der Waals surface area (Å²) in [7, 11) is 0. The van der Waals surface area contributed by atoms with Crippen LogP contribution in [0.1, 0.15) is 55.8 Å². The van der Waals surface area contributed by atoms with Crippen LogP contribution in [0.4, 0.5) is 5.69 Å². The predicted molar refractivity (Wildman–Crippen MR) is 104 cm³/mol. The summed E-state index contributed by atoms with van der Waals surface area (Å²) in [6.45, 7) is 1.84. The van der Waals surface area contributed by atoms with Crippen LogP contribution in [0.5, 0.6) is 0 Å². The van der Waals surface area contributed by atoms with Gasteiger partial charge in [-0.1, -0.05) is 11.6 Å². The van der Waals surface area contributed by atoms with Crippen LogP contribution in [0.2, 0.25) is 5.02 Å². The van der Waals surface area contributed by atoms with Crippen LogP contribution < -0.4 is 11.1 Å². The molecule has 0 radical (unpaired) electrons. The Morgan fingerprint density at radius 3 is 2.37 bits per heavy atom. The summed E-state index contributed by atoms with van der Waals surface area (Å²) in [5.74, 6) is 1.70. The molecule has 0 spiro atoms. The number of benzene rings is 1. The molecule has 6 heteroatoms. The fourth-order valence-electron chi connectivity index (χ4n) is 6.03. The molecule has 0 saturated heterocycles. The van der Waals surface area contributed by atoms with Gasteiger partial charge in [-0.15, -0.1) is 0 Å².